The maximum absolute atomic E-state index is 11.9. The Bertz CT molecular complexity index is 576. The minimum Gasteiger partial charge on any atom is -0.422 e. The number of rotatable bonds is 6. The molecule has 1 aromatic carbocycles. The number of esters is 2. The molecule has 0 saturated heterocycles. The smallest absolute Gasteiger partial charge is 0.313 e. The molecule has 0 fully saturated rings. The van der Waals surface area contributed by atoms with Crippen molar-refractivity contribution in [3.05, 3.63) is 34.8 Å². The van der Waals surface area contributed by atoms with E-state index in [1.54, 1.807) is 39.8 Å². The number of carbonyl (C=O) groups is 2. The number of halogens is 1. The summed E-state index contributed by atoms with van der Waals surface area (Å²) >= 11 is 3.37. The van der Waals surface area contributed by atoms with Crippen molar-refractivity contribution in [2.45, 2.75) is 34.1 Å². The minimum atomic E-state index is -0.390. The van der Waals surface area contributed by atoms with Crippen LogP contribution in [0.2, 0.25) is 0 Å². The summed E-state index contributed by atoms with van der Waals surface area (Å²) in [6, 6.07) is 3.51. The standard InChI is InChI=1S/C17H21BrO4/c1-6-7-12-8-13(18)15(22-17(20)11(4)5)14(9-12)21-16(19)10(2)3/h6,8-11H,1,7H2,2-5H3. The molecule has 4 nitrogen and oxygen atoms in total. The molecule has 0 aliphatic carbocycles. The highest BCUT2D eigenvalue weighted by Gasteiger charge is 2.20. The highest BCUT2D eigenvalue weighted by Crippen LogP contribution is 2.38. The molecule has 0 aromatic heterocycles. The average molecular weight is 369 g/mol. The Balaban J connectivity index is 3.23. The van der Waals surface area contributed by atoms with Crippen LogP contribution < -0.4 is 9.47 Å². The van der Waals surface area contributed by atoms with Gasteiger partial charge < -0.3 is 9.47 Å². The predicted molar refractivity (Wildman–Crippen MR) is 89.0 cm³/mol. The van der Waals surface area contributed by atoms with Crippen LogP contribution in [0.15, 0.2) is 29.3 Å². The van der Waals surface area contributed by atoms with E-state index in [1.165, 1.54) is 0 Å². The zero-order chi connectivity index (χ0) is 16.9. The first kappa shape index (κ1) is 18.4. The van der Waals surface area contributed by atoms with Crippen LogP contribution in [0.1, 0.15) is 33.3 Å². The number of benzene rings is 1. The van der Waals surface area contributed by atoms with Gasteiger partial charge in [0.1, 0.15) is 0 Å². The van der Waals surface area contributed by atoms with E-state index < -0.39 is 0 Å². The largest absolute Gasteiger partial charge is 0.422 e. The molecule has 22 heavy (non-hydrogen) atoms. The van der Waals surface area contributed by atoms with E-state index in [0.29, 0.717) is 10.9 Å². The van der Waals surface area contributed by atoms with E-state index in [9.17, 15) is 9.59 Å². The summed E-state index contributed by atoms with van der Waals surface area (Å²) in [5, 5.41) is 0. The summed E-state index contributed by atoms with van der Waals surface area (Å²) in [4.78, 5) is 23.7. The van der Waals surface area contributed by atoms with Crippen LogP contribution in [0, 0.1) is 11.8 Å². The maximum atomic E-state index is 11.9. The summed E-state index contributed by atoms with van der Waals surface area (Å²) in [6.07, 6.45) is 2.36. The lowest BCUT2D eigenvalue weighted by atomic mass is 10.1. The first-order valence-electron chi connectivity index (χ1n) is 7.13. The molecule has 0 aliphatic rings. The molecular weight excluding hydrogens is 348 g/mol. The molecule has 0 atom stereocenters. The van der Waals surface area contributed by atoms with Crippen LogP contribution in [0.3, 0.4) is 0 Å². The van der Waals surface area contributed by atoms with Gasteiger partial charge in [0.15, 0.2) is 11.5 Å². The van der Waals surface area contributed by atoms with Crippen LogP contribution in [0.4, 0.5) is 0 Å². The second kappa shape index (κ2) is 8.13. The fraction of sp³-hybridized carbons (Fsp3) is 0.412. The molecule has 0 spiro atoms. The Kier molecular flexibility index (Phi) is 6.81. The summed E-state index contributed by atoms with van der Waals surface area (Å²) in [5.41, 5.74) is 0.901. The van der Waals surface area contributed by atoms with Gasteiger partial charge >= 0.3 is 11.9 Å². The zero-order valence-corrected chi connectivity index (χ0v) is 14.9. The highest BCUT2D eigenvalue weighted by atomic mass is 79.9. The van der Waals surface area contributed by atoms with Crippen molar-refractivity contribution in [3.63, 3.8) is 0 Å². The van der Waals surface area contributed by atoms with Gasteiger partial charge in [-0.1, -0.05) is 33.8 Å². The van der Waals surface area contributed by atoms with Gasteiger partial charge in [0.05, 0.1) is 16.3 Å². The van der Waals surface area contributed by atoms with Gasteiger partial charge in [-0.15, -0.1) is 6.58 Å². The number of hydrogen-bond donors (Lipinski definition) is 0. The van der Waals surface area contributed by atoms with Gasteiger partial charge in [-0.05, 0) is 40.0 Å². The third kappa shape index (κ3) is 4.98. The number of carbonyl (C=O) groups excluding carboxylic acids is 2. The quantitative estimate of drug-likeness (QED) is 0.426. The second-order valence-electron chi connectivity index (χ2n) is 5.55. The molecule has 0 heterocycles. The molecule has 5 heteroatoms. The molecule has 0 aliphatic heterocycles. The summed E-state index contributed by atoms with van der Waals surface area (Å²) < 4.78 is 11.3. The first-order chi connectivity index (χ1) is 10.3. The molecule has 0 amide bonds. The van der Waals surface area contributed by atoms with Crippen LogP contribution in [-0.4, -0.2) is 11.9 Å². The van der Waals surface area contributed by atoms with Crippen molar-refractivity contribution in [1.29, 1.82) is 0 Å². The maximum Gasteiger partial charge on any atom is 0.313 e. The van der Waals surface area contributed by atoms with Crippen molar-refractivity contribution in [2.75, 3.05) is 0 Å². The minimum absolute atomic E-state index is 0.223. The second-order valence-corrected chi connectivity index (χ2v) is 6.40. The lowest BCUT2D eigenvalue weighted by Crippen LogP contribution is -2.18. The molecule has 0 bridgehead atoms. The Morgan fingerprint density at radius 1 is 1.14 bits per heavy atom. The average Bonchev–Trinajstić information content (AvgIpc) is 2.42. The van der Waals surface area contributed by atoms with E-state index in [0.717, 1.165) is 5.56 Å². The van der Waals surface area contributed by atoms with E-state index >= 15 is 0 Å². The van der Waals surface area contributed by atoms with Crippen molar-refractivity contribution >= 4 is 27.9 Å². The number of hydrogen-bond acceptors (Lipinski definition) is 4. The van der Waals surface area contributed by atoms with Gasteiger partial charge in [0.25, 0.3) is 0 Å². The van der Waals surface area contributed by atoms with Crippen molar-refractivity contribution in [2.24, 2.45) is 11.8 Å². The molecule has 0 N–H and O–H groups in total. The van der Waals surface area contributed by atoms with Gasteiger partial charge in [0, 0.05) is 0 Å². The third-order valence-corrected chi connectivity index (χ3v) is 3.39. The number of allylic oxidation sites excluding steroid dienone is 1. The van der Waals surface area contributed by atoms with E-state index in [4.69, 9.17) is 9.47 Å². The molecule has 0 saturated carbocycles. The first-order valence-corrected chi connectivity index (χ1v) is 7.92. The molecule has 0 radical (unpaired) electrons. The lowest BCUT2D eigenvalue weighted by Gasteiger charge is -2.15. The van der Waals surface area contributed by atoms with E-state index in [2.05, 4.69) is 22.5 Å². The highest BCUT2D eigenvalue weighted by molar-refractivity contribution is 9.10. The van der Waals surface area contributed by atoms with Gasteiger partial charge in [0.2, 0.25) is 0 Å². The lowest BCUT2D eigenvalue weighted by molar-refractivity contribution is -0.140. The molecular formula is C17H21BrO4. The van der Waals surface area contributed by atoms with Crippen molar-refractivity contribution in [3.8, 4) is 11.5 Å². The SMILES string of the molecule is C=CCc1cc(Br)c(OC(=O)C(C)C)c(OC(=O)C(C)C)c1. The van der Waals surface area contributed by atoms with Crippen LogP contribution in [-0.2, 0) is 16.0 Å². The number of ether oxygens (including phenoxy) is 2. The normalized spacial score (nSPS) is 10.7. The van der Waals surface area contributed by atoms with Gasteiger partial charge in [-0.2, -0.15) is 0 Å². The monoisotopic (exact) mass is 368 g/mol. The zero-order valence-electron chi connectivity index (χ0n) is 13.3. The van der Waals surface area contributed by atoms with Gasteiger partial charge in [-0.25, -0.2) is 0 Å². The fourth-order valence-electron chi connectivity index (χ4n) is 1.53. The Morgan fingerprint density at radius 3 is 2.18 bits per heavy atom. The topological polar surface area (TPSA) is 52.6 Å². The Hall–Kier alpha value is -1.62. The summed E-state index contributed by atoms with van der Waals surface area (Å²) in [5.74, 6) is -0.883. The summed E-state index contributed by atoms with van der Waals surface area (Å²) in [6.45, 7) is 10.6. The van der Waals surface area contributed by atoms with E-state index in [-0.39, 0.29) is 35.3 Å². The predicted octanol–water partition coefficient (Wildman–Crippen LogP) is 4.30. The van der Waals surface area contributed by atoms with E-state index in [1.807, 2.05) is 6.07 Å². The van der Waals surface area contributed by atoms with Crippen molar-refractivity contribution in [1.82, 2.24) is 0 Å². The van der Waals surface area contributed by atoms with Crippen LogP contribution >= 0.6 is 15.9 Å². The van der Waals surface area contributed by atoms with Crippen LogP contribution in [0.25, 0.3) is 0 Å². The molecule has 120 valence electrons. The summed E-state index contributed by atoms with van der Waals surface area (Å²) in [7, 11) is 0. The van der Waals surface area contributed by atoms with Crippen molar-refractivity contribution < 1.29 is 19.1 Å². The van der Waals surface area contributed by atoms with Crippen LogP contribution in [0.5, 0.6) is 11.5 Å². The molecule has 0 unspecified atom stereocenters. The molecule has 1 aromatic rings. The fourth-order valence-corrected chi connectivity index (χ4v) is 2.10. The Labute approximate surface area is 139 Å². The van der Waals surface area contributed by atoms with Gasteiger partial charge in [-0.3, -0.25) is 9.59 Å². The molecule has 1 rings (SSSR count). The third-order valence-electron chi connectivity index (χ3n) is 2.81. The Morgan fingerprint density at radius 2 is 1.68 bits per heavy atom.